The molecule has 0 aliphatic carbocycles. The van der Waals surface area contributed by atoms with Gasteiger partial charge in [-0.1, -0.05) is 11.6 Å². The van der Waals surface area contributed by atoms with Crippen LogP contribution in [0.5, 0.6) is 23.0 Å². The Bertz CT molecular complexity index is 838. The molecule has 7 heteroatoms. The summed E-state index contributed by atoms with van der Waals surface area (Å²) in [5.74, 6) is 1.55. The number of allylic oxidation sites excluding steroid dienone is 1. The van der Waals surface area contributed by atoms with Gasteiger partial charge in [-0.25, -0.2) is 0 Å². The van der Waals surface area contributed by atoms with Crippen LogP contribution in [0.25, 0.3) is 6.08 Å². The van der Waals surface area contributed by atoms with Crippen LogP contribution in [0.15, 0.2) is 35.4 Å². The highest BCUT2D eigenvalue weighted by Crippen LogP contribution is 2.39. The molecular formula is C20H22ClNO5. The normalized spacial score (nSPS) is 11.1. The van der Waals surface area contributed by atoms with Crippen molar-refractivity contribution in [3.63, 3.8) is 0 Å². The molecule has 0 fully saturated rings. The lowest BCUT2D eigenvalue weighted by Gasteiger charge is -2.13. The third-order valence-electron chi connectivity index (χ3n) is 3.77. The zero-order valence-corrected chi connectivity index (χ0v) is 16.4. The van der Waals surface area contributed by atoms with E-state index in [1.165, 1.54) is 27.4 Å². The van der Waals surface area contributed by atoms with Gasteiger partial charge in [0.1, 0.15) is 5.75 Å². The molecule has 0 aromatic heterocycles. The molecule has 0 saturated carbocycles. The van der Waals surface area contributed by atoms with Gasteiger partial charge in [-0.3, -0.25) is 4.79 Å². The third kappa shape index (κ3) is 4.65. The molecule has 0 heterocycles. The van der Waals surface area contributed by atoms with E-state index in [1.54, 1.807) is 30.3 Å². The zero-order valence-electron chi connectivity index (χ0n) is 15.7. The number of carbonyl (C=O) groups is 1. The molecule has 0 bridgehead atoms. The van der Waals surface area contributed by atoms with Gasteiger partial charge in [-0.05, 0) is 48.9 Å². The standard InChI is InChI=1S/C20H22ClNO5/c1-5-27-16-7-6-13(11-15(16)22)19(23)14(21)8-12-9-17(24-2)20(26-4)18(10-12)25-3/h6-11H,5,22H2,1-4H3/b14-8+. The number of nitrogens with two attached hydrogens (primary N) is 1. The summed E-state index contributed by atoms with van der Waals surface area (Å²) in [7, 11) is 4.54. The van der Waals surface area contributed by atoms with Gasteiger partial charge in [0.15, 0.2) is 11.5 Å². The average molecular weight is 392 g/mol. The molecular weight excluding hydrogens is 370 g/mol. The predicted octanol–water partition coefficient (Wildman–Crippen LogP) is 4.16. The van der Waals surface area contributed by atoms with E-state index in [-0.39, 0.29) is 10.8 Å². The second kappa shape index (κ2) is 9.19. The Labute approximate surface area is 163 Å². The molecule has 0 aliphatic heterocycles. The molecule has 0 atom stereocenters. The number of benzene rings is 2. The quantitative estimate of drug-likeness (QED) is 0.413. The molecule has 144 valence electrons. The summed E-state index contributed by atoms with van der Waals surface area (Å²) in [6, 6.07) is 8.20. The highest BCUT2D eigenvalue weighted by molar-refractivity contribution is 6.47. The van der Waals surface area contributed by atoms with Gasteiger partial charge in [0, 0.05) is 5.56 Å². The second-order valence-corrected chi connectivity index (χ2v) is 5.87. The van der Waals surface area contributed by atoms with Gasteiger partial charge < -0.3 is 24.7 Å². The fraction of sp³-hybridized carbons (Fsp3) is 0.250. The van der Waals surface area contributed by atoms with E-state index < -0.39 is 0 Å². The lowest BCUT2D eigenvalue weighted by molar-refractivity contribution is 0.104. The number of halogens is 1. The Morgan fingerprint density at radius 2 is 1.67 bits per heavy atom. The number of hydrogen-bond acceptors (Lipinski definition) is 6. The fourth-order valence-electron chi connectivity index (χ4n) is 2.51. The number of nitrogen functional groups attached to an aromatic ring is 1. The Morgan fingerprint density at radius 1 is 1.04 bits per heavy atom. The van der Waals surface area contributed by atoms with Gasteiger partial charge in [0.05, 0.1) is 38.7 Å². The minimum absolute atomic E-state index is 0.0211. The van der Waals surface area contributed by atoms with E-state index >= 15 is 0 Å². The fourth-order valence-corrected chi connectivity index (χ4v) is 2.75. The molecule has 0 saturated heterocycles. The van der Waals surface area contributed by atoms with E-state index in [4.69, 9.17) is 36.3 Å². The maximum Gasteiger partial charge on any atom is 0.204 e. The Hall–Kier alpha value is -2.86. The van der Waals surface area contributed by atoms with E-state index in [1.807, 2.05) is 6.92 Å². The first-order chi connectivity index (χ1) is 12.9. The van der Waals surface area contributed by atoms with Crippen molar-refractivity contribution in [3.8, 4) is 23.0 Å². The smallest absolute Gasteiger partial charge is 0.204 e. The van der Waals surface area contributed by atoms with Crippen molar-refractivity contribution in [2.45, 2.75) is 6.92 Å². The summed E-state index contributed by atoms with van der Waals surface area (Å²) < 4.78 is 21.3. The lowest BCUT2D eigenvalue weighted by atomic mass is 10.1. The highest BCUT2D eigenvalue weighted by Gasteiger charge is 2.16. The van der Waals surface area contributed by atoms with Crippen LogP contribution in [0, 0.1) is 0 Å². The van der Waals surface area contributed by atoms with Gasteiger partial charge in [-0.15, -0.1) is 0 Å². The number of anilines is 1. The number of ketones is 1. The first kappa shape index (κ1) is 20.5. The van der Waals surface area contributed by atoms with Crippen molar-refractivity contribution < 1.29 is 23.7 Å². The number of Topliss-reactive ketones (excluding diaryl/α,β-unsaturated/α-hetero) is 1. The molecule has 0 radical (unpaired) electrons. The molecule has 27 heavy (non-hydrogen) atoms. The molecule has 2 aromatic rings. The van der Waals surface area contributed by atoms with Crippen LogP contribution >= 0.6 is 11.6 Å². The maximum atomic E-state index is 12.6. The average Bonchev–Trinajstić information content (AvgIpc) is 2.68. The minimum Gasteiger partial charge on any atom is -0.493 e. The van der Waals surface area contributed by atoms with E-state index in [0.29, 0.717) is 46.4 Å². The highest BCUT2D eigenvalue weighted by atomic mass is 35.5. The Kier molecular flexibility index (Phi) is 6.96. The zero-order chi connectivity index (χ0) is 20.0. The molecule has 0 spiro atoms. The predicted molar refractivity (Wildman–Crippen MR) is 106 cm³/mol. The number of ether oxygens (including phenoxy) is 4. The molecule has 0 amide bonds. The molecule has 6 nitrogen and oxygen atoms in total. The summed E-state index contributed by atoms with van der Waals surface area (Å²) in [5, 5.41) is 0.0211. The van der Waals surface area contributed by atoms with E-state index in [9.17, 15) is 4.79 Å². The van der Waals surface area contributed by atoms with Gasteiger partial charge in [-0.2, -0.15) is 0 Å². The van der Waals surface area contributed by atoms with E-state index in [0.717, 1.165) is 0 Å². The third-order valence-corrected chi connectivity index (χ3v) is 4.05. The maximum absolute atomic E-state index is 12.6. The van der Waals surface area contributed by atoms with Crippen LogP contribution in [-0.4, -0.2) is 33.7 Å². The van der Waals surface area contributed by atoms with Crippen molar-refractivity contribution in [3.05, 3.63) is 46.5 Å². The first-order valence-electron chi connectivity index (χ1n) is 8.19. The molecule has 2 rings (SSSR count). The largest absolute Gasteiger partial charge is 0.493 e. The summed E-state index contributed by atoms with van der Waals surface area (Å²) in [6.07, 6.45) is 1.53. The monoisotopic (exact) mass is 391 g/mol. The first-order valence-corrected chi connectivity index (χ1v) is 8.57. The van der Waals surface area contributed by atoms with Crippen molar-refractivity contribution >= 4 is 29.1 Å². The number of rotatable bonds is 8. The minimum atomic E-state index is -0.361. The van der Waals surface area contributed by atoms with E-state index in [2.05, 4.69) is 0 Å². The summed E-state index contributed by atoms with van der Waals surface area (Å²) in [4.78, 5) is 12.6. The van der Waals surface area contributed by atoms with Crippen LogP contribution in [0.3, 0.4) is 0 Å². The summed E-state index contributed by atoms with van der Waals surface area (Å²) in [6.45, 7) is 2.34. The molecule has 0 aliphatic rings. The van der Waals surface area contributed by atoms with Crippen LogP contribution in [0.4, 0.5) is 5.69 Å². The summed E-state index contributed by atoms with van der Waals surface area (Å²) in [5.41, 5.74) is 7.29. The Morgan fingerprint density at radius 3 is 2.15 bits per heavy atom. The molecule has 2 aromatic carbocycles. The van der Waals surface area contributed by atoms with Crippen LogP contribution in [0.2, 0.25) is 0 Å². The van der Waals surface area contributed by atoms with Crippen LogP contribution in [-0.2, 0) is 0 Å². The SMILES string of the molecule is CCOc1ccc(C(=O)/C(Cl)=C\c2cc(OC)c(OC)c(OC)c2)cc1N. The van der Waals surface area contributed by atoms with Gasteiger partial charge >= 0.3 is 0 Å². The van der Waals surface area contributed by atoms with Crippen molar-refractivity contribution in [2.75, 3.05) is 33.7 Å². The van der Waals surface area contributed by atoms with Gasteiger partial charge in [0.25, 0.3) is 0 Å². The van der Waals surface area contributed by atoms with Crippen molar-refractivity contribution in [2.24, 2.45) is 0 Å². The lowest BCUT2D eigenvalue weighted by Crippen LogP contribution is -2.03. The van der Waals surface area contributed by atoms with Crippen molar-refractivity contribution in [1.29, 1.82) is 0 Å². The number of methoxy groups -OCH3 is 3. The number of carbonyl (C=O) groups excluding carboxylic acids is 1. The Balaban J connectivity index is 2.36. The number of hydrogen-bond donors (Lipinski definition) is 1. The van der Waals surface area contributed by atoms with Crippen molar-refractivity contribution in [1.82, 2.24) is 0 Å². The van der Waals surface area contributed by atoms with Crippen LogP contribution < -0.4 is 24.7 Å². The second-order valence-electron chi connectivity index (χ2n) is 5.47. The topological polar surface area (TPSA) is 80.0 Å². The molecule has 0 unspecified atom stereocenters. The van der Waals surface area contributed by atoms with Gasteiger partial charge in [0.2, 0.25) is 11.5 Å². The van der Waals surface area contributed by atoms with Crippen LogP contribution in [0.1, 0.15) is 22.8 Å². The molecule has 2 N–H and O–H groups in total. The summed E-state index contributed by atoms with van der Waals surface area (Å²) >= 11 is 6.24.